The van der Waals surface area contributed by atoms with Crippen molar-refractivity contribution in [3.8, 4) is 0 Å². The van der Waals surface area contributed by atoms with Gasteiger partial charge in [-0.1, -0.05) is 19.4 Å². The molecule has 4 aliphatic carbocycles. The highest BCUT2D eigenvalue weighted by Gasteiger charge is 2.71. The van der Waals surface area contributed by atoms with Gasteiger partial charge in [-0.25, -0.2) is 0 Å². The van der Waals surface area contributed by atoms with Crippen LogP contribution in [0.1, 0.15) is 65.2 Å². The Morgan fingerprint density at radius 1 is 1.20 bits per heavy atom. The summed E-state index contributed by atoms with van der Waals surface area (Å²) in [5.74, 6) is -0.636. The molecule has 6 heteroatoms. The number of carbonyl (C=O) groups is 3. The number of hydrogen-bond acceptors (Lipinski definition) is 6. The van der Waals surface area contributed by atoms with E-state index in [2.05, 4.69) is 13.8 Å². The van der Waals surface area contributed by atoms with Gasteiger partial charge in [0, 0.05) is 18.3 Å². The van der Waals surface area contributed by atoms with E-state index in [4.69, 9.17) is 9.47 Å². The Hall–Kier alpha value is -1.69. The van der Waals surface area contributed by atoms with Gasteiger partial charge in [-0.3, -0.25) is 14.4 Å². The van der Waals surface area contributed by atoms with E-state index in [0.29, 0.717) is 38.5 Å². The molecule has 164 valence electrons. The summed E-state index contributed by atoms with van der Waals surface area (Å²) in [6, 6.07) is 0. The molecule has 1 aliphatic heterocycles. The number of aliphatic hydroxyl groups excluding tert-OH is 1. The van der Waals surface area contributed by atoms with Crippen LogP contribution in [0.3, 0.4) is 0 Å². The van der Waals surface area contributed by atoms with Crippen LogP contribution in [0.25, 0.3) is 0 Å². The van der Waals surface area contributed by atoms with E-state index < -0.39 is 11.7 Å². The van der Waals surface area contributed by atoms with E-state index in [1.807, 2.05) is 0 Å². The van der Waals surface area contributed by atoms with Crippen molar-refractivity contribution in [1.82, 2.24) is 0 Å². The van der Waals surface area contributed by atoms with Gasteiger partial charge in [0.2, 0.25) is 0 Å². The normalized spacial score (nSPS) is 49.7. The fraction of sp³-hybridized carbons (Fsp3) is 0.792. The Balaban J connectivity index is 1.62. The number of esters is 2. The van der Waals surface area contributed by atoms with Gasteiger partial charge < -0.3 is 14.6 Å². The summed E-state index contributed by atoms with van der Waals surface area (Å²) in [7, 11) is 1.42. The van der Waals surface area contributed by atoms with Crippen molar-refractivity contribution in [2.75, 3.05) is 7.11 Å². The van der Waals surface area contributed by atoms with Crippen LogP contribution < -0.4 is 0 Å². The molecule has 0 aromatic rings. The lowest BCUT2D eigenvalue weighted by molar-refractivity contribution is -0.197. The third-order valence-electron chi connectivity index (χ3n) is 9.79. The molecule has 0 aromatic heterocycles. The Kier molecular flexibility index (Phi) is 4.32. The summed E-state index contributed by atoms with van der Waals surface area (Å²) in [6.07, 6.45) is 6.21. The van der Waals surface area contributed by atoms with Crippen molar-refractivity contribution >= 4 is 17.7 Å². The molecule has 4 fully saturated rings. The summed E-state index contributed by atoms with van der Waals surface area (Å²) >= 11 is 0. The minimum Gasteiger partial charge on any atom is -0.469 e. The monoisotopic (exact) mass is 416 g/mol. The molecule has 0 radical (unpaired) electrons. The summed E-state index contributed by atoms with van der Waals surface area (Å²) in [6.45, 7) is 4.33. The van der Waals surface area contributed by atoms with E-state index in [-0.39, 0.29) is 52.2 Å². The standard InChI is InChI=1S/C24H32O6/c1-22-7-4-14(25)10-13(22)11-15(21(28)29-3)19-16-5-8-24(9-6-18(27)30-24)23(16,2)12-17(26)20(19)22/h10,15-17,19-20,26H,4-9,11-12H2,1-3H3/t15-,16-,17-,19+,20?,22+,23+,24-/m1/s1. The van der Waals surface area contributed by atoms with Crippen molar-refractivity contribution in [2.45, 2.75) is 76.9 Å². The van der Waals surface area contributed by atoms with E-state index in [1.165, 1.54) is 7.11 Å². The van der Waals surface area contributed by atoms with Gasteiger partial charge in [0.15, 0.2) is 5.78 Å². The third-order valence-corrected chi connectivity index (χ3v) is 9.79. The molecule has 8 atom stereocenters. The smallest absolute Gasteiger partial charge is 0.309 e. The minimum absolute atomic E-state index is 0.0415. The molecule has 30 heavy (non-hydrogen) atoms. The van der Waals surface area contributed by atoms with Crippen LogP contribution in [-0.2, 0) is 23.9 Å². The van der Waals surface area contributed by atoms with Gasteiger partial charge in [-0.2, -0.15) is 0 Å². The molecule has 6 nitrogen and oxygen atoms in total. The molecule has 0 bridgehead atoms. The van der Waals surface area contributed by atoms with Crippen LogP contribution in [-0.4, -0.2) is 41.6 Å². The van der Waals surface area contributed by atoms with Gasteiger partial charge in [0.1, 0.15) is 5.60 Å². The maximum absolute atomic E-state index is 12.9. The molecule has 0 aromatic carbocycles. The van der Waals surface area contributed by atoms with Gasteiger partial charge in [-0.15, -0.1) is 0 Å². The molecular weight excluding hydrogens is 384 g/mol. The lowest BCUT2D eigenvalue weighted by atomic mass is 9.43. The van der Waals surface area contributed by atoms with Gasteiger partial charge >= 0.3 is 11.9 Å². The molecule has 0 amide bonds. The quantitative estimate of drug-likeness (QED) is 0.661. The number of rotatable bonds is 1. The summed E-state index contributed by atoms with van der Waals surface area (Å²) in [4.78, 5) is 37.2. The largest absolute Gasteiger partial charge is 0.469 e. The molecule has 1 saturated heterocycles. The number of fused-ring (bicyclic) bond motifs is 6. The fourth-order valence-corrected chi connectivity index (χ4v) is 8.35. The number of aliphatic hydroxyl groups is 1. The van der Waals surface area contributed by atoms with Crippen LogP contribution in [0.15, 0.2) is 11.6 Å². The molecule has 5 aliphatic rings. The predicted octanol–water partition coefficient (Wildman–Crippen LogP) is 2.96. The number of methoxy groups -OCH3 is 1. The Labute approximate surface area is 177 Å². The molecule has 1 spiro atoms. The van der Waals surface area contributed by atoms with Crippen LogP contribution in [0.5, 0.6) is 0 Å². The Morgan fingerprint density at radius 3 is 2.63 bits per heavy atom. The topological polar surface area (TPSA) is 89.9 Å². The number of allylic oxidation sites excluding steroid dienone is 1. The third kappa shape index (κ3) is 2.43. The second-order valence-electron chi connectivity index (χ2n) is 10.8. The number of ether oxygens (including phenoxy) is 2. The molecule has 1 unspecified atom stereocenters. The van der Waals surface area contributed by atoms with Gasteiger partial charge in [0.05, 0.1) is 19.1 Å². The molecular formula is C24H32O6. The van der Waals surface area contributed by atoms with E-state index in [9.17, 15) is 19.5 Å². The lowest BCUT2D eigenvalue weighted by Crippen LogP contribution is -2.62. The van der Waals surface area contributed by atoms with Gasteiger partial charge in [0.25, 0.3) is 0 Å². The summed E-state index contributed by atoms with van der Waals surface area (Å²) < 4.78 is 11.2. The number of ketones is 1. The van der Waals surface area contributed by atoms with Gasteiger partial charge in [-0.05, 0) is 67.8 Å². The van der Waals surface area contributed by atoms with E-state index in [0.717, 1.165) is 18.4 Å². The second-order valence-corrected chi connectivity index (χ2v) is 10.8. The predicted molar refractivity (Wildman–Crippen MR) is 107 cm³/mol. The maximum atomic E-state index is 12.9. The SMILES string of the molecule is COC(=O)[C@@H]1CC2=CC(=O)CC[C@]2(C)C2[C@@H]1[C@H]1CC[C@@]3(CCC(=O)O3)[C@@]1(C)C[C@H]2O. The molecule has 1 N–H and O–H groups in total. The summed E-state index contributed by atoms with van der Waals surface area (Å²) in [5.41, 5.74) is -0.168. The highest BCUT2D eigenvalue weighted by atomic mass is 16.6. The van der Waals surface area contributed by atoms with E-state index >= 15 is 0 Å². The molecule has 1 heterocycles. The zero-order valence-electron chi connectivity index (χ0n) is 18.1. The van der Waals surface area contributed by atoms with Crippen molar-refractivity contribution in [2.24, 2.45) is 34.5 Å². The Bertz CT molecular complexity index is 847. The first-order valence-electron chi connectivity index (χ1n) is 11.4. The Morgan fingerprint density at radius 2 is 1.97 bits per heavy atom. The second kappa shape index (κ2) is 6.41. The average Bonchev–Trinajstić information content (AvgIpc) is 3.21. The first kappa shape index (κ1) is 20.2. The summed E-state index contributed by atoms with van der Waals surface area (Å²) in [5, 5.41) is 11.6. The highest BCUT2D eigenvalue weighted by Crippen LogP contribution is 2.70. The first-order chi connectivity index (χ1) is 14.1. The molecule has 5 rings (SSSR count). The first-order valence-corrected chi connectivity index (χ1v) is 11.4. The fourth-order valence-electron chi connectivity index (χ4n) is 8.35. The van der Waals surface area contributed by atoms with Crippen LogP contribution in [0.4, 0.5) is 0 Å². The van der Waals surface area contributed by atoms with Crippen molar-refractivity contribution in [3.63, 3.8) is 0 Å². The zero-order chi connectivity index (χ0) is 21.5. The zero-order valence-corrected chi connectivity index (χ0v) is 18.1. The van der Waals surface area contributed by atoms with Crippen molar-refractivity contribution in [1.29, 1.82) is 0 Å². The van der Waals surface area contributed by atoms with Crippen LogP contribution in [0.2, 0.25) is 0 Å². The van der Waals surface area contributed by atoms with Crippen molar-refractivity contribution in [3.05, 3.63) is 11.6 Å². The number of hydrogen-bond donors (Lipinski definition) is 1. The minimum atomic E-state index is -0.611. The molecule has 3 saturated carbocycles. The maximum Gasteiger partial charge on any atom is 0.309 e. The lowest BCUT2D eigenvalue weighted by Gasteiger charge is -2.62. The average molecular weight is 417 g/mol. The van der Waals surface area contributed by atoms with Crippen LogP contribution in [0, 0.1) is 34.5 Å². The van der Waals surface area contributed by atoms with Crippen LogP contribution >= 0.6 is 0 Å². The highest BCUT2D eigenvalue weighted by molar-refractivity contribution is 5.92. The number of carbonyl (C=O) groups excluding carboxylic acids is 3. The van der Waals surface area contributed by atoms with Crippen molar-refractivity contribution < 1.29 is 29.0 Å². The van der Waals surface area contributed by atoms with E-state index in [1.54, 1.807) is 6.08 Å².